The number of rotatable bonds is 1. The van der Waals surface area contributed by atoms with Gasteiger partial charge in [0.05, 0.1) is 11.8 Å². The normalized spacial score (nSPS) is 44.3. The fourth-order valence-electron chi connectivity index (χ4n) is 4.61. The van der Waals surface area contributed by atoms with Gasteiger partial charge in [-0.05, 0) is 43.9 Å². The Hall–Kier alpha value is -1.12. The van der Waals surface area contributed by atoms with Crippen LogP contribution in [0.2, 0.25) is 0 Å². The van der Waals surface area contributed by atoms with Gasteiger partial charge >= 0.3 is 0 Å². The first kappa shape index (κ1) is 9.86. The molecule has 2 bridgehead atoms. The highest BCUT2D eigenvalue weighted by Gasteiger charge is 2.73. The molecule has 4 atom stereocenters. The van der Waals surface area contributed by atoms with Gasteiger partial charge in [-0.15, -0.1) is 0 Å². The van der Waals surface area contributed by atoms with Crippen LogP contribution in [0.5, 0.6) is 0 Å². The van der Waals surface area contributed by atoms with Crippen molar-refractivity contribution < 1.29 is 9.59 Å². The Kier molecular flexibility index (Phi) is 1.54. The molecule has 2 amide bonds. The molecule has 0 radical (unpaired) electrons. The van der Waals surface area contributed by atoms with Gasteiger partial charge in [0.2, 0.25) is 11.8 Å². The van der Waals surface area contributed by atoms with E-state index in [0.717, 1.165) is 0 Å². The summed E-state index contributed by atoms with van der Waals surface area (Å²) < 4.78 is 0. The second-order valence-corrected chi connectivity index (χ2v) is 6.36. The van der Waals surface area contributed by atoms with Gasteiger partial charge in [0.25, 0.3) is 0 Å². The minimum Gasteiger partial charge on any atom is -0.280 e. The molecule has 0 aromatic rings. The Morgan fingerprint density at radius 2 is 1.59 bits per heavy atom. The van der Waals surface area contributed by atoms with Crippen molar-refractivity contribution in [1.29, 1.82) is 0 Å². The Bertz CT molecular complexity index is 427. The molecule has 1 saturated heterocycles. The van der Waals surface area contributed by atoms with Crippen LogP contribution < -0.4 is 0 Å². The molecule has 4 rings (SSSR count). The number of carbonyl (C=O) groups is 2. The number of imide groups is 1. The number of fused-ring (bicyclic) bond motifs is 3. The lowest BCUT2D eigenvalue weighted by Gasteiger charge is -2.24. The van der Waals surface area contributed by atoms with E-state index in [1.54, 1.807) is 0 Å². The maximum absolute atomic E-state index is 12.4. The summed E-state index contributed by atoms with van der Waals surface area (Å²) in [5, 5.41) is 0. The zero-order chi connectivity index (χ0) is 11.9. The second-order valence-electron chi connectivity index (χ2n) is 6.36. The van der Waals surface area contributed by atoms with Crippen LogP contribution >= 0.6 is 0 Å². The molecule has 90 valence electrons. The fourth-order valence-corrected chi connectivity index (χ4v) is 4.61. The molecule has 3 nitrogen and oxygen atoms in total. The predicted molar refractivity (Wildman–Crippen MR) is 61.8 cm³/mol. The minimum absolute atomic E-state index is 0.00940. The van der Waals surface area contributed by atoms with Gasteiger partial charge in [-0.3, -0.25) is 14.5 Å². The lowest BCUT2D eigenvalue weighted by atomic mass is 9.85. The van der Waals surface area contributed by atoms with E-state index in [4.69, 9.17) is 0 Å². The molecule has 3 heteroatoms. The molecule has 0 N–H and O–H groups in total. The third-order valence-corrected chi connectivity index (χ3v) is 5.40. The number of likely N-dealkylation sites (tertiary alicyclic amines) is 1. The summed E-state index contributed by atoms with van der Waals surface area (Å²) in [6, 6.07) is 0.00940. The molecule has 0 aromatic heterocycles. The zero-order valence-corrected chi connectivity index (χ0v) is 10.2. The quantitative estimate of drug-likeness (QED) is 0.507. The summed E-state index contributed by atoms with van der Waals surface area (Å²) in [5.41, 5.74) is 0.323. The van der Waals surface area contributed by atoms with E-state index in [0.29, 0.717) is 17.3 Å². The lowest BCUT2D eigenvalue weighted by Crippen LogP contribution is -2.39. The predicted octanol–water partition coefficient (Wildman–Crippen LogP) is 1.59. The summed E-state index contributed by atoms with van der Waals surface area (Å²) in [7, 11) is 0. The third-order valence-electron chi connectivity index (χ3n) is 5.40. The zero-order valence-electron chi connectivity index (χ0n) is 10.2. The van der Waals surface area contributed by atoms with Crippen molar-refractivity contribution in [2.45, 2.75) is 32.7 Å². The number of allylic oxidation sites excluding steroid dienone is 2. The summed E-state index contributed by atoms with van der Waals surface area (Å²) in [6.45, 7) is 3.86. The van der Waals surface area contributed by atoms with E-state index < -0.39 is 0 Å². The number of carbonyl (C=O) groups excluding carboxylic acids is 2. The van der Waals surface area contributed by atoms with Crippen LogP contribution in [0, 0.1) is 29.1 Å². The van der Waals surface area contributed by atoms with E-state index in [-0.39, 0.29) is 29.7 Å². The average Bonchev–Trinajstić information content (AvgIpc) is 2.85. The van der Waals surface area contributed by atoms with Gasteiger partial charge in [-0.1, -0.05) is 12.2 Å². The molecular formula is C14H17NO2. The molecule has 3 aliphatic carbocycles. The van der Waals surface area contributed by atoms with Crippen LogP contribution in [0.1, 0.15) is 26.7 Å². The number of hydrogen-bond acceptors (Lipinski definition) is 2. The highest BCUT2D eigenvalue weighted by Crippen LogP contribution is 2.73. The van der Waals surface area contributed by atoms with Gasteiger partial charge in [-0.2, -0.15) is 0 Å². The lowest BCUT2D eigenvalue weighted by molar-refractivity contribution is -0.143. The highest BCUT2D eigenvalue weighted by atomic mass is 16.2. The van der Waals surface area contributed by atoms with Gasteiger partial charge < -0.3 is 0 Å². The van der Waals surface area contributed by atoms with E-state index in [1.165, 1.54) is 17.7 Å². The molecule has 17 heavy (non-hydrogen) atoms. The van der Waals surface area contributed by atoms with Crippen LogP contribution in [0.25, 0.3) is 0 Å². The van der Waals surface area contributed by atoms with Gasteiger partial charge in [0, 0.05) is 6.04 Å². The van der Waals surface area contributed by atoms with Crippen molar-refractivity contribution in [3.63, 3.8) is 0 Å². The molecule has 1 aliphatic heterocycles. The van der Waals surface area contributed by atoms with Crippen LogP contribution in [0.15, 0.2) is 12.2 Å². The maximum Gasteiger partial charge on any atom is 0.233 e. The third kappa shape index (κ3) is 0.883. The maximum atomic E-state index is 12.4. The number of hydrogen-bond donors (Lipinski definition) is 0. The molecule has 4 aliphatic rings. The van der Waals surface area contributed by atoms with Gasteiger partial charge in [0.15, 0.2) is 0 Å². The van der Waals surface area contributed by atoms with E-state index in [2.05, 4.69) is 12.2 Å². The van der Waals surface area contributed by atoms with Crippen molar-refractivity contribution in [3.05, 3.63) is 12.2 Å². The summed E-state index contributed by atoms with van der Waals surface area (Å²) in [4.78, 5) is 26.3. The number of nitrogens with zero attached hydrogens (tertiary/aromatic N) is 1. The first-order chi connectivity index (χ1) is 8.08. The number of amides is 2. The van der Waals surface area contributed by atoms with E-state index in [1.807, 2.05) is 13.8 Å². The van der Waals surface area contributed by atoms with Crippen molar-refractivity contribution >= 4 is 11.8 Å². The monoisotopic (exact) mass is 231 g/mol. The van der Waals surface area contributed by atoms with Crippen LogP contribution in [0.4, 0.5) is 0 Å². The first-order valence-electron chi connectivity index (χ1n) is 6.63. The standard InChI is InChI=1S/C14H17NO2/c1-7(2)15-12(16)10-8-3-4-9(11(10)13(15)17)14(8)5-6-14/h3-4,7-11H,5-6H2,1-2H3/t8-,9+,10-,11+. The topological polar surface area (TPSA) is 37.4 Å². The molecule has 3 fully saturated rings. The van der Waals surface area contributed by atoms with Crippen molar-refractivity contribution in [3.8, 4) is 0 Å². The summed E-state index contributed by atoms with van der Waals surface area (Å²) >= 11 is 0. The fraction of sp³-hybridized carbons (Fsp3) is 0.714. The van der Waals surface area contributed by atoms with Crippen LogP contribution in [0.3, 0.4) is 0 Å². The molecule has 2 saturated carbocycles. The Morgan fingerprint density at radius 3 is 1.94 bits per heavy atom. The average molecular weight is 231 g/mol. The molecule has 0 aromatic carbocycles. The largest absolute Gasteiger partial charge is 0.280 e. The Balaban J connectivity index is 1.79. The Morgan fingerprint density at radius 1 is 1.12 bits per heavy atom. The molecule has 1 spiro atoms. The minimum atomic E-state index is -0.0256. The van der Waals surface area contributed by atoms with E-state index >= 15 is 0 Å². The molecule has 0 unspecified atom stereocenters. The second kappa shape index (κ2) is 2.65. The molecular weight excluding hydrogens is 214 g/mol. The van der Waals surface area contributed by atoms with E-state index in [9.17, 15) is 9.59 Å². The Labute approximate surface area is 101 Å². The smallest absolute Gasteiger partial charge is 0.233 e. The first-order valence-corrected chi connectivity index (χ1v) is 6.63. The van der Waals surface area contributed by atoms with Crippen LogP contribution in [-0.4, -0.2) is 22.8 Å². The van der Waals surface area contributed by atoms with Crippen molar-refractivity contribution in [2.24, 2.45) is 29.1 Å². The molecule has 1 heterocycles. The SMILES string of the molecule is CC(C)N1C(=O)[C@@H]2[C@H](C1=O)[C@H]1C=C[C@@H]2C12CC2. The van der Waals surface area contributed by atoms with Gasteiger partial charge in [-0.25, -0.2) is 0 Å². The van der Waals surface area contributed by atoms with Gasteiger partial charge in [0.1, 0.15) is 0 Å². The highest BCUT2D eigenvalue weighted by molar-refractivity contribution is 6.07. The summed E-state index contributed by atoms with van der Waals surface area (Å²) in [5.74, 6) is 0.858. The summed E-state index contributed by atoms with van der Waals surface area (Å²) in [6.07, 6.45) is 6.86. The van der Waals surface area contributed by atoms with Crippen LogP contribution in [-0.2, 0) is 9.59 Å². The van der Waals surface area contributed by atoms with Crippen molar-refractivity contribution in [1.82, 2.24) is 4.90 Å². The van der Waals surface area contributed by atoms with Crippen molar-refractivity contribution in [2.75, 3.05) is 0 Å².